The van der Waals surface area contributed by atoms with E-state index in [1.807, 2.05) is 38.1 Å². The molecule has 29 heavy (non-hydrogen) atoms. The summed E-state index contributed by atoms with van der Waals surface area (Å²) in [7, 11) is 0. The van der Waals surface area contributed by atoms with Crippen LogP contribution in [0.2, 0.25) is 0 Å². The molecular weight excluding hydrogens is 406 g/mol. The fourth-order valence-electron chi connectivity index (χ4n) is 2.86. The number of nitrogens with zero attached hydrogens (tertiary/aromatic N) is 1. The van der Waals surface area contributed by atoms with E-state index in [1.54, 1.807) is 31.2 Å². The van der Waals surface area contributed by atoms with Gasteiger partial charge in [-0.15, -0.1) is 0 Å². The number of carboxylic acid groups (broad SMARTS) is 1. The highest BCUT2D eigenvalue weighted by Crippen LogP contribution is 2.36. The maximum Gasteiger partial charge on any atom is 0.344 e. The number of hydrogen-bond donors (Lipinski definition) is 1. The number of carbonyl (C=O) groups excluding carboxylic acids is 1. The van der Waals surface area contributed by atoms with Gasteiger partial charge in [-0.25, -0.2) is 4.79 Å². The molecule has 0 radical (unpaired) electrons. The Hall–Kier alpha value is -2.64. The first-order chi connectivity index (χ1) is 13.8. The predicted octanol–water partition coefficient (Wildman–Crippen LogP) is 4.95. The second kappa shape index (κ2) is 8.80. The summed E-state index contributed by atoms with van der Waals surface area (Å²) >= 11 is 6.68. The lowest BCUT2D eigenvalue weighted by molar-refractivity contribution is -0.145. The standard InChI is InChI=1S/C22H21NO4S2/c1-4-18(21(25)26)27-17-7-5-6-15(11-17)12-19-20(24)23(22(28)29-19)16-9-8-13(2)14(3)10-16/h5-12,18H,4H2,1-3H3,(H,25,26)/b19-12+. The van der Waals surface area contributed by atoms with Gasteiger partial charge in [-0.1, -0.05) is 49.1 Å². The molecule has 0 saturated carbocycles. The smallest absolute Gasteiger partial charge is 0.344 e. The average molecular weight is 428 g/mol. The molecule has 0 bridgehead atoms. The Balaban J connectivity index is 1.85. The topological polar surface area (TPSA) is 66.8 Å². The van der Waals surface area contributed by atoms with Crippen LogP contribution in [-0.4, -0.2) is 27.4 Å². The molecule has 0 spiro atoms. The van der Waals surface area contributed by atoms with Gasteiger partial charge >= 0.3 is 5.97 Å². The molecule has 2 aromatic rings. The maximum atomic E-state index is 13.0. The van der Waals surface area contributed by atoms with E-state index in [2.05, 4.69) is 0 Å². The number of ether oxygens (including phenoxy) is 1. The minimum absolute atomic E-state index is 0.174. The van der Waals surface area contributed by atoms with Crippen molar-refractivity contribution in [1.29, 1.82) is 0 Å². The van der Waals surface area contributed by atoms with E-state index in [0.717, 1.165) is 22.4 Å². The molecule has 1 saturated heterocycles. The Morgan fingerprint density at radius 2 is 2.00 bits per heavy atom. The molecule has 1 amide bonds. The summed E-state index contributed by atoms with van der Waals surface area (Å²) in [5.74, 6) is -0.739. The SMILES string of the molecule is CCC(Oc1cccc(/C=C2/SC(=S)N(c3ccc(C)c(C)c3)C2=O)c1)C(=O)O. The van der Waals surface area contributed by atoms with Gasteiger partial charge in [0.05, 0.1) is 10.6 Å². The van der Waals surface area contributed by atoms with Crippen LogP contribution in [0.15, 0.2) is 47.4 Å². The number of aryl methyl sites for hydroxylation is 2. The quantitative estimate of drug-likeness (QED) is 0.520. The summed E-state index contributed by atoms with van der Waals surface area (Å²) in [5.41, 5.74) is 3.74. The highest BCUT2D eigenvalue weighted by Gasteiger charge is 2.33. The van der Waals surface area contributed by atoms with Gasteiger partial charge in [-0.05, 0) is 67.3 Å². The van der Waals surface area contributed by atoms with Gasteiger partial charge in [0.2, 0.25) is 0 Å². The zero-order chi connectivity index (χ0) is 21.1. The van der Waals surface area contributed by atoms with Crippen LogP contribution in [-0.2, 0) is 9.59 Å². The van der Waals surface area contributed by atoms with Gasteiger partial charge in [0.15, 0.2) is 10.4 Å². The van der Waals surface area contributed by atoms with Crippen LogP contribution in [0.5, 0.6) is 5.75 Å². The molecular formula is C22H21NO4S2. The first-order valence-electron chi connectivity index (χ1n) is 9.15. The van der Waals surface area contributed by atoms with Crippen LogP contribution in [0.25, 0.3) is 6.08 Å². The van der Waals surface area contributed by atoms with Gasteiger partial charge in [0.25, 0.3) is 5.91 Å². The van der Waals surface area contributed by atoms with Crippen molar-refractivity contribution >= 4 is 51.9 Å². The summed E-state index contributed by atoms with van der Waals surface area (Å²) in [4.78, 5) is 26.2. The molecule has 3 rings (SSSR count). The lowest BCUT2D eigenvalue weighted by Gasteiger charge is -2.16. The Kier molecular flexibility index (Phi) is 6.39. The van der Waals surface area contributed by atoms with Gasteiger partial charge in [0, 0.05) is 0 Å². The second-order valence-electron chi connectivity index (χ2n) is 6.71. The number of anilines is 1. The molecule has 0 aliphatic carbocycles. The van der Waals surface area contributed by atoms with E-state index in [9.17, 15) is 9.59 Å². The highest BCUT2D eigenvalue weighted by atomic mass is 32.2. The molecule has 1 aliphatic heterocycles. The molecule has 150 valence electrons. The summed E-state index contributed by atoms with van der Waals surface area (Å²) in [5, 5.41) is 9.17. The zero-order valence-electron chi connectivity index (χ0n) is 16.3. The largest absolute Gasteiger partial charge is 0.479 e. The van der Waals surface area contributed by atoms with Crippen molar-refractivity contribution in [3.05, 3.63) is 64.1 Å². The van der Waals surface area contributed by atoms with Crippen molar-refractivity contribution in [2.75, 3.05) is 4.90 Å². The molecule has 0 aromatic heterocycles. The van der Waals surface area contributed by atoms with Gasteiger partial charge < -0.3 is 9.84 Å². The van der Waals surface area contributed by atoms with E-state index in [1.165, 1.54) is 16.7 Å². The van der Waals surface area contributed by atoms with Crippen molar-refractivity contribution in [1.82, 2.24) is 0 Å². The van der Waals surface area contributed by atoms with E-state index >= 15 is 0 Å². The van der Waals surface area contributed by atoms with Gasteiger partial charge in [-0.2, -0.15) is 0 Å². The van der Waals surface area contributed by atoms with Crippen LogP contribution in [0.1, 0.15) is 30.0 Å². The molecule has 1 fully saturated rings. The minimum atomic E-state index is -1.01. The Morgan fingerprint density at radius 3 is 2.66 bits per heavy atom. The fourth-order valence-corrected chi connectivity index (χ4v) is 4.16. The number of benzene rings is 2. The first kappa shape index (κ1) is 21.1. The molecule has 1 unspecified atom stereocenters. The fraction of sp³-hybridized carbons (Fsp3) is 0.227. The number of thioether (sulfide) groups is 1. The van der Waals surface area contributed by atoms with E-state index < -0.39 is 12.1 Å². The Morgan fingerprint density at radius 1 is 1.24 bits per heavy atom. The monoisotopic (exact) mass is 427 g/mol. The lowest BCUT2D eigenvalue weighted by atomic mass is 10.1. The minimum Gasteiger partial charge on any atom is -0.479 e. The van der Waals surface area contributed by atoms with E-state index in [0.29, 0.717) is 21.4 Å². The van der Waals surface area contributed by atoms with Crippen LogP contribution in [0.3, 0.4) is 0 Å². The van der Waals surface area contributed by atoms with E-state index in [4.69, 9.17) is 22.1 Å². The molecule has 2 aromatic carbocycles. The van der Waals surface area contributed by atoms with Crippen LogP contribution in [0.4, 0.5) is 5.69 Å². The Bertz CT molecular complexity index is 1020. The van der Waals surface area contributed by atoms with Crippen LogP contribution in [0, 0.1) is 13.8 Å². The highest BCUT2D eigenvalue weighted by molar-refractivity contribution is 8.27. The maximum absolute atomic E-state index is 13.0. The number of amides is 1. The number of carboxylic acids is 1. The number of carbonyl (C=O) groups is 2. The number of rotatable bonds is 6. The number of hydrogen-bond acceptors (Lipinski definition) is 5. The van der Waals surface area contributed by atoms with Crippen LogP contribution < -0.4 is 9.64 Å². The molecule has 1 N–H and O–H groups in total. The molecule has 1 aliphatic rings. The molecule has 1 atom stereocenters. The third-order valence-electron chi connectivity index (χ3n) is 4.62. The van der Waals surface area contributed by atoms with Gasteiger partial charge in [0.1, 0.15) is 5.75 Å². The summed E-state index contributed by atoms with van der Waals surface area (Å²) in [6.45, 7) is 5.77. The van der Waals surface area contributed by atoms with Crippen molar-refractivity contribution in [2.24, 2.45) is 0 Å². The zero-order valence-corrected chi connectivity index (χ0v) is 18.0. The molecule has 1 heterocycles. The third-order valence-corrected chi connectivity index (χ3v) is 5.92. The third kappa shape index (κ3) is 4.68. The van der Waals surface area contributed by atoms with Crippen molar-refractivity contribution in [3.63, 3.8) is 0 Å². The van der Waals surface area contributed by atoms with E-state index in [-0.39, 0.29) is 5.91 Å². The normalized spacial score (nSPS) is 16.4. The van der Waals surface area contributed by atoms with Crippen molar-refractivity contribution < 1.29 is 19.4 Å². The van der Waals surface area contributed by atoms with Crippen molar-refractivity contribution in [2.45, 2.75) is 33.3 Å². The lowest BCUT2D eigenvalue weighted by Crippen LogP contribution is -2.27. The number of thiocarbonyl (C=S) groups is 1. The number of aliphatic carboxylic acids is 1. The average Bonchev–Trinajstić information content (AvgIpc) is 2.95. The van der Waals surface area contributed by atoms with Crippen LogP contribution >= 0.6 is 24.0 Å². The van der Waals surface area contributed by atoms with Gasteiger partial charge in [-0.3, -0.25) is 9.69 Å². The second-order valence-corrected chi connectivity index (χ2v) is 8.39. The predicted molar refractivity (Wildman–Crippen MR) is 120 cm³/mol. The first-order valence-corrected chi connectivity index (χ1v) is 10.4. The molecule has 5 nitrogen and oxygen atoms in total. The summed E-state index contributed by atoms with van der Waals surface area (Å²) in [6, 6.07) is 12.8. The summed E-state index contributed by atoms with van der Waals surface area (Å²) in [6.07, 6.45) is 1.19. The summed E-state index contributed by atoms with van der Waals surface area (Å²) < 4.78 is 6.02. The Labute approximate surface area is 179 Å². The molecule has 7 heteroatoms. The van der Waals surface area contributed by atoms with Crippen molar-refractivity contribution in [3.8, 4) is 5.75 Å².